The van der Waals surface area contributed by atoms with Crippen LogP contribution in [0.1, 0.15) is 30.3 Å². The monoisotopic (exact) mass is 251 g/mol. The number of nitrogens with zero attached hydrogens (tertiary/aromatic N) is 2. The number of aromatic nitrogens is 1. The van der Waals surface area contributed by atoms with Crippen molar-refractivity contribution in [2.45, 2.75) is 19.8 Å². The van der Waals surface area contributed by atoms with Gasteiger partial charge in [0.2, 0.25) is 0 Å². The summed E-state index contributed by atoms with van der Waals surface area (Å²) in [6.07, 6.45) is 3.29. The molecule has 1 heterocycles. The summed E-state index contributed by atoms with van der Waals surface area (Å²) in [5.41, 5.74) is 0.431. The number of nitrogens with one attached hydrogen (secondary N) is 1. The van der Waals surface area contributed by atoms with Gasteiger partial charge in [-0.2, -0.15) is 0 Å². The van der Waals surface area contributed by atoms with Gasteiger partial charge in [0.25, 0.3) is 0 Å². The first-order valence-corrected chi connectivity index (χ1v) is 5.76. The van der Waals surface area contributed by atoms with E-state index < -0.39 is 5.97 Å². The van der Waals surface area contributed by atoms with Gasteiger partial charge in [0.15, 0.2) is 0 Å². The van der Waals surface area contributed by atoms with Gasteiger partial charge in [0, 0.05) is 13.6 Å². The minimum absolute atomic E-state index is 0.0488. The van der Waals surface area contributed by atoms with Crippen LogP contribution in [-0.2, 0) is 0 Å². The fourth-order valence-corrected chi connectivity index (χ4v) is 1.31. The molecule has 0 fully saturated rings. The summed E-state index contributed by atoms with van der Waals surface area (Å²) in [6.45, 7) is 2.74. The summed E-state index contributed by atoms with van der Waals surface area (Å²) in [7, 11) is 1.71. The Kier molecular flexibility index (Phi) is 5.10. The Balaban J connectivity index is 2.56. The predicted molar refractivity (Wildman–Crippen MR) is 67.8 cm³/mol. The topological polar surface area (TPSA) is 82.5 Å². The maximum Gasteiger partial charge on any atom is 0.354 e. The molecule has 1 aromatic heterocycles. The third kappa shape index (κ3) is 4.04. The highest BCUT2D eigenvalue weighted by Crippen LogP contribution is 2.07. The number of urea groups is 1. The number of carboxylic acid groups (broad SMARTS) is 1. The molecule has 0 unspecified atom stereocenters. The van der Waals surface area contributed by atoms with Crippen molar-refractivity contribution < 1.29 is 14.7 Å². The molecule has 2 amide bonds. The Bertz CT molecular complexity index is 417. The van der Waals surface area contributed by atoms with E-state index in [9.17, 15) is 9.59 Å². The van der Waals surface area contributed by atoms with Crippen molar-refractivity contribution in [1.82, 2.24) is 9.88 Å². The average Bonchev–Trinajstić information content (AvgIpc) is 2.36. The van der Waals surface area contributed by atoms with Crippen LogP contribution in [-0.4, -0.2) is 40.6 Å². The van der Waals surface area contributed by atoms with Crippen LogP contribution in [0.3, 0.4) is 0 Å². The number of unbranched alkanes of at least 4 members (excludes halogenated alkanes) is 1. The number of rotatable bonds is 5. The lowest BCUT2D eigenvalue weighted by Crippen LogP contribution is -2.32. The van der Waals surface area contributed by atoms with Gasteiger partial charge in [0.05, 0.1) is 11.9 Å². The zero-order valence-electron chi connectivity index (χ0n) is 10.5. The summed E-state index contributed by atoms with van der Waals surface area (Å²) in [6, 6.07) is 2.64. The molecule has 0 aromatic carbocycles. The van der Waals surface area contributed by atoms with E-state index in [1.807, 2.05) is 0 Å². The number of aromatic carboxylic acids is 1. The van der Waals surface area contributed by atoms with E-state index in [0.717, 1.165) is 12.8 Å². The highest BCUT2D eigenvalue weighted by Gasteiger charge is 2.09. The molecular formula is C12H17N3O3. The Morgan fingerprint density at radius 3 is 2.67 bits per heavy atom. The van der Waals surface area contributed by atoms with Crippen LogP contribution in [0.25, 0.3) is 0 Å². The largest absolute Gasteiger partial charge is 0.477 e. The average molecular weight is 251 g/mol. The van der Waals surface area contributed by atoms with E-state index in [1.54, 1.807) is 11.9 Å². The van der Waals surface area contributed by atoms with E-state index in [1.165, 1.54) is 18.3 Å². The van der Waals surface area contributed by atoms with E-state index in [0.29, 0.717) is 12.2 Å². The second-order valence-corrected chi connectivity index (χ2v) is 3.94. The third-order valence-corrected chi connectivity index (χ3v) is 2.43. The summed E-state index contributed by atoms with van der Waals surface area (Å²) < 4.78 is 0. The van der Waals surface area contributed by atoms with Gasteiger partial charge in [0.1, 0.15) is 5.69 Å². The van der Waals surface area contributed by atoms with E-state index in [4.69, 9.17) is 5.11 Å². The first kappa shape index (κ1) is 14.0. The van der Waals surface area contributed by atoms with Gasteiger partial charge in [-0.1, -0.05) is 13.3 Å². The third-order valence-electron chi connectivity index (χ3n) is 2.43. The first-order chi connectivity index (χ1) is 8.54. The number of pyridine rings is 1. The lowest BCUT2D eigenvalue weighted by molar-refractivity contribution is 0.0690. The molecule has 0 saturated heterocycles. The standard InChI is InChI=1S/C12H17N3O3/c1-3-4-7-15(2)12(18)14-9-5-6-10(11(16)17)13-8-9/h5-6,8H,3-4,7H2,1-2H3,(H,14,18)(H,16,17). The van der Waals surface area contributed by atoms with Gasteiger partial charge in [-0.3, -0.25) is 0 Å². The van der Waals surface area contributed by atoms with Crippen molar-refractivity contribution >= 4 is 17.7 Å². The van der Waals surface area contributed by atoms with Gasteiger partial charge in [-0.05, 0) is 18.6 Å². The second-order valence-electron chi connectivity index (χ2n) is 3.94. The van der Waals surface area contributed by atoms with Crippen molar-refractivity contribution in [1.29, 1.82) is 0 Å². The number of hydrogen-bond donors (Lipinski definition) is 2. The summed E-state index contributed by atoms with van der Waals surface area (Å²) >= 11 is 0. The Morgan fingerprint density at radius 1 is 1.44 bits per heavy atom. The number of amides is 2. The smallest absolute Gasteiger partial charge is 0.354 e. The molecule has 0 radical (unpaired) electrons. The number of carboxylic acids is 1. The SMILES string of the molecule is CCCCN(C)C(=O)Nc1ccc(C(=O)O)nc1. The van der Waals surface area contributed by atoms with Crippen molar-refractivity contribution in [3.8, 4) is 0 Å². The fraction of sp³-hybridized carbons (Fsp3) is 0.417. The molecule has 1 rings (SSSR count). The maximum atomic E-state index is 11.7. The Hall–Kier alpha value is -2.11. The van der Waals surface area contributed by atoms with Crippen LogP contribution >= 0.6 is 0 Å². The minimum atomic E-state index is -1.09. The molecule has 6 heteroatoms. The van der Waals surface area contributed by atoms with Crippen molar-refractivity contribution in [3.63, 3.8) is 0 Å². The van der Waals surface area contributed by atoms with Gasteiger partial charge in [-0.15, -0.1) is 0 Å². The lowest BCUT2D eigenvalue weighted by atomic mass is 10.3. The van der Waals surface area contributed by atoms with Gasteiger partial charge >= 0.3 is 12.0 Å². The molecule has 6 nitrogen and oxygen atoms in total. The molecule has 1 aromatic rings. The molecule has 98 valence electrons. The molecule has 18 heavy (non-hydrogen) atoms. The number of carbonyl (C=O) groups is 2. The number of carbonyl (C=O) groups excluding carboxylic acids is 1. The summed E-state index contributed by atoms with van der Waals surface area (Å²) in [5.74, 6) is -1.09. The summed E-state index contributed by atoms with van der Waals surface area (Å²) in [5, 5.41) is 11.3. The Morgan fingerprint density at radius 2 is 2.17 bits per heavy atom. The quantitative estimate of drug-likeness (QED) is 0.839. The van der Waals surface area contributed by atoms with Gasteiger partial charge < -0.3 is 15.3 Å². The van der Waals surface area contributed by atoms with Crippen LogP contribution in [0.4, 0.5) is 10.5 Å². The highest BCUT2D eigenvalue weighted by molar-refractivity contribution is 5.90. The molecule has 2 N–H and O–H groups in total. The number of anilines is 1. The molecule has 0 bridgehead atoms. The number of hydrogen-bond acceptors (Lipinski definition) is 3. The van der Waals surface area contributed by atoms with Crippen LogP contribution in [0, 0.1) is 0 Å². The van der Waals surface area contributed by atoms with E-state index in [-0.39, 0.29) is 11.7 Å². The van der Waals surface area contributed by atoms with Gasteiger partial charge in [-0.25, -0.2) is 14.6 Å². The molecule has 0 aliphatic carbocycles. The van der Waals surface area contributed by atoms with E-state index in [2.05, 4.69) is 17.2 Å². The molecule has 0 atom stereocenters. The van der Waals surface area contributed by atoms with Crippen molar-refractivity contribution in [2.24, 2.45) is 0 Å². The van der Waals surface area contributed by atoms with E-state index >= 15 is 0 Å². The lowest BCUT2D eigenvalue weighted by Gasteiger charge is -2.17. The maximum absolute atomic E-state index is 11.7. The van der Waals surface area contributed by atoms with Crippen molar-refractivity contribution in [3.05, 3.63) is 24.0 Å². The van der Waals surface area contributed by atoms with Crippen LogP contribution in [0.5, 0.6) is 0 Å². The highest BCUT2D eigenvalue weighted by atomic mass is 16.4. The summed E-state index contributed by atoms with van der Waals surface area (Å²) in [4.78, 5) is 27.6. The molecule has 0 aliphatic heterocycles. The molecule has 0 spiro atoms. The zero-order chi connectivity index (χ0) is 13.5. The minimum Gasteiger partial charge on any atom is -0.477 e. The Labute approximate surface area is 106 Å². The zero-order valence-corrected chi connectivity index (χ0v) is 10.5. The van der Waals surface area contributed by atoms with Crippen LogP contribution < -0.4 is 5.32 Å². The fourth-order valence-electron chi connectivity index (χ4n) is 1.31. The predicted octanol–water partition coefficient (Wildman–Crippen LogP) is 2.04. The first-order valence-electron chi connectivity index (χ1n) is 5.76. The van der Waals surface area contributed by atoms with Crippen molar-refractivity contribution in [2.75, 3.05) is 18.9 Å². The van der Waals surface area contributed by atoms with Crippen LogP contribution in [0.15, 0.2) is 18.3 Å². The molecule has 0 aliphatic rings. The van der Waals surface area contributed by atoms with Crippen LogP contribution in [0.2, 0.25) is 0 Å². The molecule has 0 saturated carbocycles. The molecular weight excluding hydrogens is 234 g/mol. The normalized spacial score (nSPS) is 9.89. The second kappa shape index (κ2) is 6.58.